The molecule has 1 heterocycles. The molecule has 0 radical (unpaired) electrons. The molecule has 0 aromatic heterocycles. The van der Waals surface area contributed by atoms with Gasteiger partial charge in [-0.1, -0.05) is 30.3 Å². The van der Waals surface area contributed by atoms with Crippen LogP contribution in [0.25, 0.3) is 0 Å². The Bertz CT molecular complexity index is 856. The lowest BCUT2D eigenvalue weighted by atomic mass is 10.0. The van der Waals surface area contributed by atoms with Crippen LogP contribution in [0.4, 0.5) is 11.4 Å². The second-order valence-corrected chi connectivity index (χ2v) is 7.35. The van der Waals surface area contributed by atoms with Gasteiger partial charge in [0, 0.05) is 31.9 Å². The monoisotopic (exact) mass is 379 g/mol. The van der Waals surface area contributed by atoms with Gasteiger partial charge in [-0.2, -0.15) is 0 Å². The Morgan fingerprint density at radius 1 is 0.929 bits per heavy atom. The summed E-state index contributed by atoms with van der Waals surface area (Å²) in [5, 5.41) is 2.90. The van der Waals surface area contributed by atoms with Crippen LogP contribution in [0.2, 0.25) is 0 Å². The molecule has 1 N–H and O–H groups in total. The number of rotatable bonds is 5. The number of anilines is 2. The molecule has 28 heavy (non-hydrogen) atoms. The fraction of sp³-hybridized carbons (Fsp3) is 0.364. The number of hydrogen-bond donors (Lipinski definition) is 1. The lowest BCUT2D eigenvalue weighted by Crippen LogP contribution is -2.52. The molecule has 1 saturated carbocycles. The van der Waals surface area contributed by atoms with Crippen molar-refractivity contribution in [3.05, 3.63) is 54.6 Å². The fourth-order valence-electron chi connectivity index (χ4n) is 3.76. The van der Waals surface area contributed by atoms with Gasteiger partial charge in [-0.25, -0.2) is 0 Å². The molecule has 146 valence electrons. The Morgan fingerprint density at radius 2 is 1.57 bits per heavy atom. The maximum atomic E-state index is 13.1. The predicted molar refractivity (Wildman–Crippen MR) is 109 cm³/mol. The molecule has 0 bridgehead atoms. The van der Waals surface area contributed by atoms with Crippen molar-refractivity contribution < 1.29 is 14.3 Å². The molecule has 1 saturated heterocycles. The number of benzene rings is 2. The summed E-state index contributed by atoms with van der Waals surface area (Å²) in [5.41, 5.74) is 0.850. The number of amides is 2. The number of carbonyl (C=O) groups is 2. The summed E-state index contributed by atoms with van der Waals surface area (Å²) in [7, 11) is 1.56. The van der Waals surface area contributed by atoms with Crippen molar-refractivity contribution >= 4 is 23.2 Å². The van der Waals surface area contributed by atoms with Crippen LogP contribution in [0.3, 0.4) is 0 Å². The second kappa shape index (κ2) is 7.54. The van der Waals surface area contributed by atoms with E-state index in [1.807, 2.05) is 35.2 Å². The maximum absolute atomic E-state index is 13.1. The molecule has 6 heteroatoms. The SMILES string of the molecule is COc1ccccc1NC(=O)C1(C(=O)N2CCN(c3ccccc3)CC2)CC1. The van der Waals surface area contributed by atoms with Crippen LogP contribution >= 0.6 is 0 Å². The molecule has 4 rings (SSSR count). The van der Waals surface area contributed by atoms with Crippen molar-refractivity contribution in [1.82, 2.24) is 4.90 Å². The van der Waals surface area contributed by atoms with Crippen LogP contribution in [0.1, 0.15) is 12.8 Å². The van der Waals surface area contributed by atoms with Gasteiger partial charge in [-0.15, -0.1) is 0 Å². The lowest BCUT2D eigenvalue weighted by molar-refractivity contribution is -0.142. The molecule has 2 amide bonds. The molecule has 0 spiro atoms. The average Bonchev–Trinajstić information content (AvgIpc) is 3.56. The van der Waals surface area contributed by atoms with Gasteiger partial charge >= 0.3 is 0 Å². The Labute approximate surface area is 165 Å². The Balaban J connectivity index is 1.40. The molecular formula is C22H25N3O3. The summed E-state index contributed by atoms with van der Waals surface area (Å²) in [4.78, 5) is 30.2. The van der Waals surface area contributed by atoms with Gasteiger partial charge in [0.2, 0.25) is 11.8 Å². The first kappa shape index (κ1) is 18.3. The standard InChI is InChI=1S/C22H25N3O3/c1-28-19-10-6-5-9-18(19)23-20(26)22(11-12-22)21(27)25-15-13-24(14-16-25)17-7-3-2-4-8-17/h2-10H,11-16H2,1H3,(H,23,26). The number of piperazine rings is 1. The maximum Gasteiger partial charge on any atom is 0.240 e. The number of carbonyl (C=O) groups excluding carboxylic acids is 2. The van der Waals surface area contributed by atoms with Crippen LogP contribution in [0, 0.1) is 5.41 Å². The fourth-order valence-corrected chi connectivity index (χ4v) is 3.76. The van der Waals surface area contributed by atoms with E-state index in [4.69, 9.17) is 4.74 Å². The van der Waals surface area contributed by atoms with Crippen LogP contribution < -0.4 is 15.0 Å². The normalized spacial score (nSPS) is 17.8. The second-order valence-electron chi connectivity index (χ2n) is 7.35. The third kappa shape index (κ3) is 3.42. The number of nitrogens with one attached hydrogen (secondary N) is 1. The largest absolute Gasteiger partial charge is 0.495 e. The Hall–Kier alpha value is -3.02. The summed E-state index contributed by atoms with van der Waals surface area (Å²) in [6.07, 6.45) is 1.21. The lowest BCUT2D eigenvalue weighted by Gasteiger charge is -2.37. The topological polar surface area (TPSA) is 61.9 Å². The minimum atomic E-state index is -0.921. The van der Waals surface area contributed by atoms with E-state index >= 15 is 0 Å². The van der Waals surface area contributed by atoms with E-state index in [0.717, 1.165) is 13.1 Å². The number of para-hydroxylation sites is 3. The number of hydrogen-bond acceptors (Lipinski definition) is 4. The molecular weight excluding hydrogens is 354 g/mol. The highest BCUT2D eigenvalue weighted by atomic mass is 16.5. The van der Waals surface area contributed by atoms with Crippen molar-refractivity contribution in [1.29, 1.82) is 0 Å². The minimum absolute atomic E-state index is 0.0485. The summed E-state index contributed by atoms with van der Waals surface area (Å²) < 4.78 is 5.29. The van der Waals surface area contributed by atoms with E-state index in [9.17, 15) is 9.59 Å². The van der Waals surface area contributed by atoms with Gasteiger partial charge in [-0.3, -0.25) is 9.59 Å². The molecule has 6 nitrogen and oxygen atoms in total. The van der Waals surface area contributed by atoms with Gasteiger partial charge in [-0.05, 0) is 37.1 Å². The van der Waals surface area contributed by atoms with Gasteiger partial charge in [0.1, 0.15) is 11.2 Å². The first-order valence-electron chi connectivity index (χ1n) is 9.68. The van der Waals surface area contributed by atoms with Crippen LogP contribution in [0.5, 0.6) is 5.75 Å². The van der Waals surface area contributed by atoms with Crippen molar-refractivity contribution in [3.8, 4) is 5.75 Å². The van der Waals surface area contributed by atoms with Crippen molar-refractivity contribution in [2.24, 2.45) is 5.41 Å². The molecule has 0 unspecified atom stereocenters. The number of methoxy groups -OCH3 is 1. The van der Waals surface area contributed by atoms with Crippen LogP contribution in [0.15, 0.2) is 54.6 Å². The van der Waals surface area contributed by atoms with E-state index in [0.29, 0.717) is 37.4 Å². The number of ether oxygens (including phenoxy) is 1. The van der Waals surface area contributed by atoms with E-state index < -0.39 is 5.41 Å². The summed E-state index contributed by atoms with van der Waals surface area (Å²) in [5.74, 6) is 0.315. The third-order valence-corrected chi connectivity index (χ3v) is 5.64. The minimum Gasteiger partial charge on any atom is -0.495 e. The first-order chi connectivity index (χ1) is 13.6. The zero-order valence-electron chi connectivity index (χ0n) is 16.1. The summed E-state index contributed by atoms with van der Waals surface area (Å²) in [6, 6.07) is 17.5. The highest BCUT2D eigenvalue weighted by Crippen LogP contribution is 2.48. The van der Waals surface area contributed by atoms with Gasteiger partial charge < -0.3 is 19.9 Å². The highest BCUT2D eigenvalue weighted by molar-refractivity contribution is 6.13. The predicted octanol–water partition coefficient (Wildman–Crippen LogP) is 2.76. The summed E-state index contributed by atoms with van der Waals surface area (Å²) in [6.45, 7) is 2.83. The summed E-state index contributed by atoms with van der Waals surface area (Å²) >= 11 is 0. The van der Waals surface area contributed by atoms with Gasteiger partial charge in [0.05, 0.1) is 12.8 Å². The average molecular weight is 379 g/mol. The van der Waals surface area contributed by atoms with E-state index in [1.54, 1.807) is 19.2 Å². The quantitative estimate of drug-likeness (QED) is 0.812. The van der Waals surface area contributed by atoms with Crippen LogP contribution in [-0.4, -0.2) is 50.0 Å². The molecule has 1 aliphatic heterocycles. The molecule has 2 aliphatic rings. The van der Waals surface area contributed by atoms with E-state index in [1.165, 1.54) is 5.69 Å². The molecule has 2 fully saturated rings. The van der Waals surface area contributed by atoms with Crippen LogP contribution in [-0.2, 0) is 9.59 Å². The first-order valence-corrected chi connectivity index (χ1v) is 9.68. The van der Waals surface area contributed by atoms with Crippen molar-refractivity contribution in [2.75, 3.05) is 43.5 Å². The molecule has 1 aliphatic carbocycles. The van der Waals surface area contributed by atoms with E-state index in [2.05, 4.69) is 22.3 Å². The van der Waals surface area contributed by atoms with Gasteiger partial charge in [0.25, 0.3) is 0 Å². The van der Waals surface area contributed by atoms with Gasteiger partial charge in [0.15, 0.2) is 0 Å². The van der Waals surface area contributed by atoms with Crippen molar-refractivity contribution in [2.45, 2.75) is 12.8 Å². The molecule has 2 aromatic carbocycles. The molecule has 0 atom stereocenters. The zero-order chi connectivity index (χ0) is 19.6. The highest BCUT2D eigenvalue weighted by Gasteiger charge is 2.58. The zero-order valence-corrected chi connectivity index (χ0v) is 16.1. The number of nitrogens with zero attached hydrogens (tertiary/aromatic N) is 2. The molecule has 2 aromatic rings. The Morgan fingerprint density at radius 3 is 2.21 bits per heavy atom. The third-order valence-electron chi connectivity index (χ3n) is 5.64. The van der Waals surface area contributed by atoms with E-state index in [-0.39, 0.29) is 11.8 Å². The smallest absolute Gasteiger partial charge is 0.240 e. The van der Waals surface area contributed by atoms with Crippen molar-refractivity contribution in [3.63, 3.8) is 0 Å². The Kier molecular flexibility index (Phi) is 4.94.